The Balaban J connectivity index is 1.76. The zero-order valence-corrected chi connectivity index (χ0v) is 14.6. The van der Waals surface area contributed by atoms with Crippen molar-refractivity contribution in [3.05, 3.63) is 42.2 Å². The van der Waals surface area contributed by atoms with Gasteiger partial charge < -0.3 is 9.64 Å². The third-order valence-corrected chi connectivity index (χ3v) is 4.57. The Morgan fingerprint density at radius 2 is 2.12 bits per heavy atom. The normalized spacial score (nSPS) is 14.2. The third-order valence-electron chi connectivity index (χ3n) is 4.34. The fraction of sp³-hybridized carbons (Fsp3) is 0.444. The Labute approximate surface area is 147 Å². The number of aromatic nitrogens is 2. The van der Waals surface area contributed by atoms with Gasteiger partial charge in [0.1, 0.15) is 11.6 Å². The molecule has 1 aliphatic rings. The van der Waals surface area contributed by atoms with E-state index in [1.807, 2.05) is 42.1 Å². The average Bonchev–Trinajstić information content (AvgIpc) is 3.01. The van der Waals surface area contributed by atoms with Crippen molar-refractivity contribution in [1.82, 2.24) is 9.78 Å². The van der Waals surface area contributed by atoms with Crippen LogP contribution in [0.25, 0.3) is 0 Å². The van der Waals surface area contributed by atoms with E-state index in [1.54, 1.807) is 11.1 Å². The lowest BCUT2D eigenvalue weighted by Crippen LogP contribution is -2.31. The maximum Gasteiger partial charge on any atom is 0.242 e. The number of alkyl halides is 1. The molecular formula is C18H22ClN3O2. The van der Waals surface area contributed by atoms with Gasteiger partial charge in [-0.25, -0.2) is 0 Å². The molecule has 0 bridgehead atoms. The smallest absolute Gasteiger partial charge is 0.242 e. The number of carbonyl (C=O) groups excluding carboxylic acids is 1. The number of halogens is 1. The number of amides is 1. The Morgan fingerprint density at radius 1 is 1.38 bits per heavy atom. The van der Waals surface area contributed by atoms with Gasteiger partial charge in [-0.1, -0.05) is 12.1 Å². The molecule has 1 aromatic carbocycles. The molecule has 128 valence electrons. The molecule has 1 amide bonds. The van der Waals surface area contributed by atoms with Crippen LogP contribution in [0.4, 0.5) is 5.69 Å². The summed E-state index contributed by atoms with van der Waals surface area (Å²) < 4.78 is 7.42. The van der Waals surface area contributed by atoms with Crippen LogP contribution in [0, 0.1) is 0 Å². The Hall–Kier alpha value is -2.01. The van der Waals surface area contributed by atoms with E-state index in [0.717, 1.165) is 29.8 Å². The fourth-order valence-electron chi connectivity index (χ4n) is 2.75. The van der Waals surface area contributed by atoms with Crippen molar-refractivity contribution >= 4 is 23.2 Å². The lowest BCUT2D eigenvalue weighted by atomic mass is 9.93. The summed E-state index contributed by atoms with van der Waals surface area (Å²) in [5.41, 5.74) is 1.81. The highest BCUT2D eigenvalue weighted by Crippen LogP contribution is 2.32. The zero-order chi connectivity index (χ0) is 16.9. The van der Waals surface area contributed by atoms with Gasteiger partial charge in [-0.2, -0.15) is 5.10 Å². The largest absolute Gasteiger partial charge is 0.494 e. The van der Waals surface area contributed by atoms with E-state index in [2.05, 4.69) is 5.10 Å². The van der Waals surface area contributed by atoms with Gasteiger partial charge >= 0.3 is 0 Å². The maximum atomic E-state index is 12.3. The van der Waals surface area contributed by atoms with Crippen molar-refractivity contribution < 1.29 is 9.53 Å². The summed E-state index contributed by atoms with van der Waals surface area (Å²) in [5.74, 6) is 0.652. The Bertz CT molecular complexity index is 680. The molecule has 0 unspecified atom stereocenters. The number of hydrogen-bond donors (Lipinski definition) is 0. The molecule has 24 heavy (non-hydrogen) atoms. The van der Waals surface area contributed by atoms with E-state index in [-0.39, 0.29) is 11.8 Å². The van der Waals surface area contributed by atoms with Gasteiger partial charge in [0.05, 0.1) is 31.1 Å². The van der Waals surface area contributed by atoms with Crippen LogP contribution in [0.15, 0.2) is 36.7 Å². The van der Waals surface area contributed by atoms with Gasteiger partial charge in [0, 0.05) is 6.20 Å². The number of carbonyl (C=O) groups is 1. The van der Waals surface area contributed by atoms with Crippen molar-refractivity contribution in [2.24, 2.45) is 0 Å². The fourth-order valence-corrected chi connectivity index (χ4v) is 2.90. The molecule has 0 saturated heterocycles. The van der Waals surface area contributed by atoms with Gasteiger partial charge in [-0.3, -0.25) is 9.48 Å². The average molecular weight is 348 g/mol. The molecule has 2 aromatic rings. The second-order valence-corrected chi connectivity index (χ2v) is 6.22. The van der Waals surface area contributed by atoms with Crippen LogP contribution in [0.3, 0.4) is 0 Å². The summed E-state index contributed by atoms with van der Waals surface area (Å²) >= 11 is 5.80. The molecule has 1 aliphatic carbocycles. The second kappa shape index (κ2) is 7.71. The van der Waals surface area contributed by atoms with Crippen LogP contribution in [-0.2, 0) is 11.3 Å². The van der Waals surface area contributed by atoms with Gasteiger partial charge in [-0.15, -0.1) is 11.6 Å². The number of benzene rings is 1. The quantitative estimate of drug-likeness (QED) is 0.716. The standard InChI is InChI=1S/C18H22ClN3O2/c1-2-24-17-8-6-14(7-9-17)12-21(18(23)10-19)16-11-20-22(13-16)15-4-3-5-15/h6-9,11,13,15H,2-5,10,12H2,1H3. The summed E-state index contributed by atoms with van der Waals surface area (Å²) in [7, 11) is 0. The first-order chi connectivity index (χ1) is 11.7. The lowest BCUT2D eigenvalue weighted by Gasteiger charge is -2.25. The van der Waals surface area contributed by atoms with Crippen LogP contribution in [-0.4, -0.2) is 28.2 Å². The Kier molecular flexibility index (Phi) is 5.41. The van der Waals surface area contributed by atoms with E-state index < -0.39 is 0 Å². The zero-order valence-electron chi connectivity index (χ0n) is 13.8. The van der Waals surface area contributed by atoms with Gasteiger partial charge in [-0.05, 0) is 43.9 Å². The van der Waals surface area contributed by atoms with Crippen LogP contribution in [0.1, 0.15) is 37.8 Å². The summed E-state index contributed by atoms with van der Waals surface area (Å²) in [5, 5.41) is 4.42. The number of anilines is 1. The molecular weight excluding hydrogens is 326 g/mol. The third kappa shape index (κ3) is 3.73. The van der Waals surface area contributed by atoms with Crippen LogP contribution in [0.5, 0.6) is 5.75 Å². The van der Waals surface area contributed by atoms with E-state index in [9.17, 15) is 4.79 Å². The first-order valence-electron chi connectivity index (χ1n) is 8.33. The Morgan fingerprint density at radius 3 is 2.71 bits per heavy atom. The number of hydrogen-bond acceptors (Lipinski definition) is 3. The topological polar surface area (TPSA) is 47.4 Å². The van der Waals surface area contributed by atoms with E-state index in [0.29, 0.717) is 19.2 Å². The van der Waals surface area contributed by atoms with Crippen molar-refractivity contribution in [2.75, 3.05) is 17.4 Å². The molecule has 0 N–H and O–H groups in total. The minimum absolute atomic E-state index is 0.0500. The van der Waals surface area contributed by atoms with Gasteiger partial charge in [0.25, 0.3) is 0 Å². The molecule has 0 radical (unpaired) electrons. The highest BCUT2D eigenvalue weighted by molar-refractivity contribution is 6.29. The lowest BCUT2D eigenvalue weighted by molar-refractivity contribution is -0.116. The maximum absolute atomic E-state index is 12.3. The molecule has 1 heterocycles. The minimum Gasteiger partial charge on any atom is -0.494 e. The van der Waals surface area contributed by atoms with E-state index in [4.69, 9.17) is 16.3 Å². The molecule has 0 atom stereocenters. The molecule has 0 aliphatic heterocycles. The molecule has 3 rings (SSSR count). The van der Waals surface area contributed by atoms with Crippen molar-refractivity contribution in [3.8, 4) is 5.75 Å². The summed E-state index contributed by atoms with van der Waals surface area (Å²) in [6.45, 7) is 3.05. The highest BCUT2D eigenvalue weighted by atomic mass is 35.5. The highest BCUT2D eigenvalue weighted by Gasteiger charge is 2.23. The number of nitrogens with zero attached hydrogens (tertiary/aromatic N) is 3. The van der Waals surface area contributed by atoms with E-state index >= 15 is 0 Å². The monoisotopic (exact) mass is 347 g/mol. The summed E-state index contributed by atoms with van der Waals surface area (Å²) in [6.07, 6.45) is 7.25. The number of rotatable bonds is 7. The predicted octanol–water partition coefficient (Wildman–Crippen LogP) is 3.78. The van der Waals surface area contributed by atoms with Gasteiger partial charge in [0.15, 0.2) is 0 Å². The predicted molar refractivity (Wildman–Crippen MR) is 94.6 cm³/mol. The number of ether oxygens (including phenoxy) is 1. The molecule has 6 heteroatoms. The summed E-state index contributed by atoms with van der Waals surface area (Å²) in [4.78, 5) is 14.0. The SMILES string of the molecule is CCOc1ccc(CN(C(=O)CCl)c2cnn(C3CCC3)c2)cc1. The summed E-state index contributed by atoms with van der Waals surface area (Å²) in [6, 6.07) is 8.24. The first kappa shape index (κ1) is 16.8. The van der Waals surface area contributed by atoms with Gasteiger partial charge in [0.2, 0.25) is 5.91 Å². The van der Waals surface area contributed by atoms with Crippen LogP contribution >= 0.6 is 11.6 Å². The van der Waals surface area contributed by atoms with Crippen molar-refractivity contribution in [3.63, 3.8) is 0 Å². The molecule has 1 aromatic heterocycles. The van der Waals surface area contributed by atoms with E-state index in [1.165, 1.54) is 6.42 Å². The minimum atomic E-state index is -0.126. The van der Waals surface area contributed by atoms with Crippen LogP contribution < -0.4 is 9.64 Å². The van der Waals surface area contributed by atoms with Crippen LogP contribution in [0.2, 0.25) is 0 Å². The molecule has 1 fully saturated rings. The first-order valence-corrected chi connectivity index (χ1v) is 8.87. The van der Waals surface area contributed by atoms with Crippen molar-refractivity contribution in [2.45, 2.75) is 38.8 Å². The second-order valence-electron chi connectivity index (χ2n) is 5.95. The molecule has 1 saturated carbocycles. The molecule has 0 spiro atoms. The molecule has 5 nitrogen and oxygen atoms in total. The van der Waals surface area contributed by atoms with Crippen molar-refractivity contribution in [1.29, 1.82) is 0 Å².